The Morgan fingerprint density at radius 3 is 1.54 bits per heavy atom. The minimum absolute atomic E-state index is 0.973. The van der Waals surface area contributed by atoms with E-state index in [-0.39, 0.29) is 0 Å². The van der Waals surface area contributed by atoms with Gasteiger partial charge < -0.3 is 5.11 Å². The Hall–Kier alpha value is -1.35. The molecule has 0 heterocycles. The average molecular weight is 404 g/mol. The van der Waals surface area contributed by atoms with E-state index in [1.54, 1.807) is 0 Å². The molecule has 0 saturated carbocycles. The van der Waals surface area contributed by atoms with Gasteiger partial charge in [0, 0.05) is 0 Å². The summed E-state index contributed by atoms with van der Waals surface area (Å²) in [5, 5.41) is 8.60. The zero-order valence-corrected chi connectivity index (χ0v) is 14.4. The van der Waals surface area contributed by atoms with Crippen molar-refractivity contribution in [3.05, 3.63) is 48.6 Å². The van der Waals surface area contributed by atoms with E-state index in [1.165, 1.54) is 5.56 Å². The summed E-state index contributed by atoms with van der Waals surface area (Å²) < 4.78 is 83.0. The van der Waals surface area contributed by atoms with Crippen LogP contribution >= 0.6 is 0 Å². The monoisotopic (exact) mass is 404 g/mol. The molecule has 24 heavy (non-hydrogen) atoms. The van der Waals surface area contributed by atoms with Crippen molar-refractivity contribution in [2.24, 2.45) is 0 Å². The summed E-state index contributed by atoms with van der Waals surface area (Å²) in [5.74, 6) is 0. The number of rotatable bonds is 6. The molecule has 1 atom stereocenters. The lowest BCUT2D eigenvalue weighted by molar-refractivity contribution is 0.236. The van der Waals surface area contributed by atoms with Crippen LogP contribution in [0.1, 0.15) is 5.56 Å². The fourth-order valence-electron chi connectivity index (χ4n) is 1.37. The maximum Gasteiger partial charge on any atom is 0.294 e. The number of allylic oxidation sites excluding steroid dienone is 1. The molecule has 0 amide bonds. The van der Waals surface area contributed by atoms with E-state index in [2.05, 4.69) is 18.7 Å². The molecule has 1 rings (SSSR count). The maximum absolute atomic E-state index is 10.3. The van der Waals surface area contributed by atoms with Crippen molar-refractivity contribution in [3.63, 3.8) is 0 Å². The van der Waals surface area contributed by atoms with Gasteiger partial charge in [-0.3, -0.25) is 13.7 Å². The molecule has 0 bridgehead atoms. The van der Waals surface area contributed by atoms with Crippen molar-refractivity contribution in [1.82, 2.24) is 0 Å². The smallest absolute Gasteiger partial charge is 0.294 e. The highest BCUT2D eigenvalue weighted by Crippen LogP contribution is 2.15. The van der Waals surface area contributed by atoms with Gasteiger partial charge in [0.25, 0.3) is 34.9 Å². The minimum atomic E-state index is -5.63. The standard InChI is InChI=1S/C9H10.C2H6O10S3/c1-2-6-9-7-4-3-5-8-9;3-1(13(4,5)6)2(14(7,8)9)15(10,11)12/h2-5,7-8H,1,6H2;1-3H,(H,4,5,6)(H,7,8,9)(H,10,11,12). The van der Waals surface area contributed by atoms with Crippen molar-refractivity contribution in [2.75, 3.05) is 0 Å². The second kappa shape index (κ2) is 8.66. The first-order chi connectivity index (χ1) is 10.7. The van der Waals surface area contributed by atoms with Gasteiger partial charge in [-0.05, 0) is 12.0 Å². The Morgan fingerprint density at radius 1 is 0.875 bits per heavy atom. The normalized spacial score (nSPS) is 13.7. The minimum Gasteiger partial charge on any atom is -0.373 e. The molecule has 0 aliphatic rings. The van der Waals surface area contributed by atoms with Crippen molar-refractivity contribution in [2.45, 2.75) is 16.4 Å². The Balaban J connectivity index is 0.000000496. The quantitative estimate of drug-likeness (QED) is 0.363. The molecule has 13 heteroatoms. The molecule has 138 valence electrons. The van der Waals surface area contributed by atoms with Crippen molar-refractivity contribution in [3.8, 4) is 0 Å². The highest BCUT2D eigenvalue weighted by Gasteiger charge is 2.48. The third-order valence-corrected chi connectivity index (χ3v) is 6.72. The molecule has 10 nitrogen and oxygen atoms in total. The number of aliphatic hydroxyl groups excluding tert-OH is 1. The van der Waals surface area contributed by atoms with Gasteiger partial charge in [-0.25, -0.2) is 0 Å². The number of benzene rings is 1. The van der Waals surface area contributed by atoms with Gasteiger partial charge >= 0.3 is 0 Å². The van der Waals surface area contributed by atoms with Crippen LogP contribution in [0.2, 0.25) is 0 Å². The highest BCUT2D eigenvalue weighted by molar-refractivity contribution is 8.05. The van der Waals surface area contributed by atoms with Crippen LogP contribution in [-0.2, 0) is 36.8 Å². The van der Waals surface area contributed by atoms with Gasteiger partial charge in [0.1, 0.15) is 0 Å². The zero-order valence-electron chi connectivity index (χ0n) is 12.0. The van der Waals surface area contributed by atoms with Gasteiger partial charge in [-0.1, -0.05) is 36.4 Å². The van der Waals surface area contributed by atoms with Crippen LogP contribution in [0.4, 0.5) is 0 Å². The lowest BCUT2D eigenvalue weighted by Gasteiger charge is -2.14. The van der Waals surface area contributed by atoms with Crippen LogP contribution in [-0.4, -0.2) is 54.0 Å². The molecule has 1 aromatic carbocycles. The molecule has 0 spiro atoms. The van der Waals surface area contributed by atoms with Crippen molar-refractivity contribution in [1.29, 1.82) is 0 Å². The average Bonchev–Trinajstić information content (AvgIpc) is 2.36. The Labute approximate surface area is 139 Å². The van der Waals surface area contributed by atoms with Gasteiger partial charge in [0.15, 0.2) is 0 Å². The summed E-state index contributed by atoms with van der Waals surface area (Å²) in [4.78, 5) is 0. The molecular formula is C11H16O10S3. The van der Waals surface area contributed by atoms with Gasteiger partial charge in [-0.2, -0.15) is 25.3 Å². The third-order valence-electron chi connectivity index (χ3n) is 2.35. The Bertz CT molecular complexity index is 809. The van der Waals surface area contributed by atoms with Gasteiger partial charge in [0.05, 0.1) is 0 Å². The zero-order chi connectivity index (χ0) is 19.2. The van der Waals surface area contributed by atoms with Crippen molar-refractivity contribution < 1.29 is 44.0 Å². The predicted molar refractivity (Wildman–Crippen MR) is 84.8 cm³/mol. The molecular weight excluding hydrogens is 388 g/mol. The molecule has 1 unspecified atom stereocenters. The molecule has 0 aliphatic heterocycles. The van der Waals surface area contributed by atoms with E-state index in [4.69, 9.17) is 18.8 Å². The first-order valence-corrected chi connectivity index (χ1v) is 10.4. The van der Waals surface area contributed by atoms with E-state index in [1.807, 2.05) is 24.3 Å². The molecule has 0 radical (unpaired) electrons. The summed E-state index contributed by atoms with van der Waals surface area (Å²) in [5.41, 5.74) is -2.09. The first-order valence-electron chi connectivity index (χ1n) is 5.93. The molecule has 1 aromatic rings. The van der Waals surface area contributed by atoms with E-state index >= 15 is 0 Å². The van der Waals surface area contributed by atoms with Crippen LogP contribution in [0.5, 0.6) is 0 Å². The second-order valence-corrected chi connectivity index (χ2v) is 9.17. The lowest BCUT2D eigenvalue weighted by atomic mass is 10.2. The second-order valence-electron chi connectivity index (χ2n) is 4.28. The van der Waals surface area contributed by atoms with Crippen LogP contribution in [0.15, 0.2) is 43.0 Å². The Kier molecular flexibility index (Phi) is 8.17. The molecule has 4 N–H and O–H groups in total. The maximum atomic E-state index is 10.3. The fraction of sp³-hybridized carbons (Fsp3) is 0.273. The van der Waals surface area contributed by atoms with Crippen molar-refractivity contribution >= 4 is 30.4 Å². The van der Waals surface area contributed by atoms with E-state index in [0.717, 1.165) is 6.42 Å². The van der Waals surface area contributed by atoms with Crippen LogP contribution < -0.4 is 0 Å². The highest BCUT2D eigenvalue weighted by atomic mass is 32.3. The molecule has 0 aromatic heterocycles. The van der Waals surface area contributed by atoms with Crippen LogP contribution in [0.3, 0.4) is 0 Å². The SMILES string of the molecule is C=CCc1ccccc1.O=S(=O)(O)C(O)C(S(=O)(=O)O)S(=O)(=O)O. The van der Waals surface area contributed by atoms with E-state index < -0.39 is 40.4 Å². The summed E-state index contributed by atoms with van der Waals surface area (Å²) in [7, 11) is -16.8. The summed E-state index contributed by atoms with van der Waals surface area (Å²) >= 11 is 0. The third kappa shape index (κ3) is 7.96. The number of hydrogen-bond acceptors (Lipinski definition) is 7. The molecule has 0 aliphatic carbocycles. The van der Waals surface area contributed by atoms with Crippen LogP contribution in [0, 0.1) is 0 Å². The van der Waals surface area contributed by atoms with Gasteiger partial charge in [0.2, 0.25) is 5.44 Å². The molecule has 0 fully saturated rings. The van der Waals surface area contributed by atoms with E-state index in [0.29, 0.717) is 0 Å². The summed E-state index contributed by atoms with van der Waals surface area (Å²) in [6, 6.07) is 10.3. The predicted octanol–water partition coefficient (Wildman–Crippen LogP) is -0.291. The van der Waals surface area contributed by atoms with E-state index in [9.17, 15) is 25.3 Å². The number of hydrogen-bond donors (Lipinski definition) is 4. The number of aliphatic hydroxyl groups is 1. The topological polar surface area (TPSA) is 183 Å². The summed E-state index contributed by atoms with van der Waals surface area (Å²) in [6.07, 6.45) is 2.89. The Morgan fingerprint density at radius 2 is 1.29 bits per heavy atom. The lowest BCUT2D eigenvalue weighted by Crippen LogP contribution is -2.44. The largest absolute Gasteiger partial charge is 0.373 e. The van der Waals surface area contributed by atoms with Crippen LogP contribution in [0.25, 0.3) is 0 Å². The fourth-order valence-corrected chi connectivity index (χ4v) is 5.15. The summed E-state index contributed by atoms with van der Waals surface area (Å²) in [6.45, 7) is 3.66. The molecule has 0 saturated heterocycles. The van der Waals surface area contributed by atoms with Gasteiger partial charge in [-0.15, -0.1) is 6.58 Å². The first kappa shape index (κ1) is 22.6.